The molecule has 0 aliphatic rings. The van der Waals surface area contributed by atoms with Gasteiger partial charge in [0.15, 0.2) is 10.7 Å². The van der Waals surface area contributed by atoms with Crippen LogP contribution in [0.1, 0.15) is 0 Å². The Labute approximate surface area is 200 Å². The standard InChI is InChI=1S/C22H20ClFN6O3S/c1-25-19-9-17-12(10-27-19)7-15(21(26-2)29-17)14-5-4-6-16(20(14)24)30-34(31,32)18-8-13(23)11-28-22(18)33-3/h4-11,30H,1-3H3,(H,25,27)(H,26,29). The molecule has 12 heteroatoms. The molecule has 4 aromatic rings. The van der Waals surface area contributed by atoms with E-state index in [0.717, 1.165) is 0 Å². The first-order valence-electron chi connectivity index (χ1n) is 9.95. The predicted molar refractivity (Wildman–Crippen MR) is 131 cm³/mol. The van der Waals surface area contributed by atoms with E-state index >= 15 is 4.39 Å². The van der Waals surface area contributed by atoms with Gasteiger partial charge in [0, 0.05) is 49.1 Å². The molecule has 0 fully saturated rings. The summed E-state index contributed by atoms with van der Waals surface area (Å²) in [5.74, 6) is 0.110. The maximum Gasteiger partial charge on any atom is 0.267 e. The number of benzene rings is 1. The predicted octanol–water partition coefficient (Wildman–Crippen LogP) is 4.38. The highest BCUT2D eigenvalue weighted by molar-refractivity contribution is 7.92. The van der Waals surface area contributed by atoms with Gasteiger partial charge in [-0.2, -0.15) is 0 Å². The van der Waals surface area contributed by atoms with E-state index in [-0.39, 0.29) is 27.0 Å². The van der Waals surface area contributed by atoms with E-state index in [0.29, 0.717) is 28.1 Å². The molecule has 4 rings (SSSR count). The van der Waals surface area contributed by atoms with Crippen LogP contribution in [0.3, 0.4) is 0 Å². The van der Waals surface area contributed by atoms with Crippen molar-refractivity contribution in [3.63, 3.8) is 0 Å². The number of pyridine rings is 3. The Bertz CT molecular complexity index is 1500. The van der Waals surface area contributed by atoms with Crippen LogP contribution in [-0.4, -0.2) is 44.6 Å². The quantitative estimate of drug-likeness (QED) is 0.341. The molecule has 0 amide bonds. The van der Waals surface area contributed by atoms with Crippen LogP contribution in [0.2, 0.25) is 5.02 Å². The lowest BCUT2D eigenvalue weighted by Crippen LogP contribution is -2.16. The first-order valence-corrected chi connectivity index (χ1v) is 11.8. The molecule has 176 valence electrons. The summed E-state index contributed by atoms with van der Waals surface area (Å²) in [6, 6.07) is 9.07. The maximum atomic E-state index is 15.6. The third-order valence-corrected chi connectivity index (χ3v) is 6.56. The second-order valence-corrected chi connectivity index (χ2v) is 9.17. The number of aromatic nitrogens is 3. The molecule has 9 nitrogen and oxygen atoms in total. The van der Waals surface area contributed by atoms with Gasteiger partial charge in [-0.3, -0.25) is 4.72 Å². The summed E-state index contributed by atoms with van der Waals surface area (Å²) in [4.78, 5) is 12.4. The first-order chi connectivity index (χ1) is 16.3. The van der Waals surface area contributed by atoms with E-state index in [9.17, 15) is 8.42 Å². The SMILES string of the molecule is CNc1cc2nc(NC)c(-c3cccc(NS(=O)(=O)c4cc(Cl)cnc4OC)c3F)cc2cn1. The fraction of sp³-hybridized carbons (Fsp3) is 0.136. The molecule has 3 heterocycles. The molecule has 3 N–H and O–H groups in total. The summed E-state index contributed by atoms with van der Waals surface area (Å²) < 4.78 is 48.9. The molecule has 0 atom stereocenters. The van der Waals surface area contributed by atoms with Gasteiger partial charge in [0.2, 0.25) is 5.88 Å². The smallest absolute Gasteiger partial charge is 0.267 e. The summed E-state index contributed by atoms with van der Waals surface area (Å²) in [7, 11) is 0.422. The Morgan fingerprint density at radius 1 is 1.03 bits per heavy atom. The van der Waals surface area contributed by atoms with Crippen molar-refractivity contribution in [2.75, 3.05) is 36.6 Å². The molecule has 0 saturated carbocycles. The zero-order valence-corrected chi connectivity index (χ0v) is 19.9. The van der Waals surface area contributed by atoms with Gasteiger partial charge in [0.25, 0.3) is 10.0 Å². The minimum Gasteiger partial charge on any atom is -0.480 e. The van der Waals surface area contributed by atoms with Crippen molar-refractivity contribution in [3.8, 4) is 17.0 Å². The minimum absolute atomic E-state index is 0.0892. The van der Waals surface area contributed by atoms with Crippen LogP contribution in [0.4, 0.5) is 21.7 Å². The summed E-state index contributed by atoms with van der Waals surface area (Å²) in [5, 5.41) is 6.69. The van der Waals surface area contributed by atoms with Crippen LogP contribution in [0.15, 0.2) is 53.7 Å². The van der Waals surface area contributed by atoms with E-state index in [1.54, 1.807) is 32.4 Å². The number of methoxy groups -OCH3 is 1. The Hall–Kier alpha value is -3.70. The lowest BCUT2D eigenvalue weighted by Gasteiger charge is -2.15. The molecule has 0 spiro atoms. The average Bonchev–Trinajstić information content (AvgIpc) is 2.84. The molecule has 0 aliphatic heterocycles. The third kappa shape index (κ3) is 4.39. The van der Waals surface area contributed by atoms with Crippen molar-refractivity contribution in [1.29, 1.82) is 0 Å². The highest BCUT2D eigenvalue weighted by Gasteiger charge is 2.24. The number of sulfonamides is 1. The first kappa shape index (κ1) is 23.5. The van der Waals surface area contributed by atoms with E-state index in [1.807, 2.05) is 0 Å². The zero-order chi connectivity index (χ0) is 24.5. The normalized spacial score (nSPS) is 11.3. The number of fused-ring (bicyclic) bond motifs is 1. The fourth-order valence-corrected chi connectivity index (χ4v) is 4.80. The summed E-state index contributed by atoms with van der Waals surface area (Å²) >= 11 is 5.91. The van der Waals surface area contributed by atoms with Crippen LogP contribution in [0.5, 0.6) is 5.88 Å². The largest absolute Gasteiger partial charge is 0.480 e. The number of anilines is 3. The van der Waals surface area contributed by atoms with Crippen molar-refractivity contribution >= 4 is 49.9 Å². The van der Waals surface area contributed by atoms with Crippen LogP contribution < -0.4 is 20.1 Å². The molecule has 1 aromatic carbocycles. The highest BCUT2D eigenvalue weighted by atomic mass is 35.5. The average molecular weight is 503 g/mol. The Balaban J connectivity index is 1.80. The molecule has 0 radical (unpaired) electrons. The number of hydrogen-bond donors (Lipinski definition) is 3. The van der Waals surface area contributed by atoms with Crippen LogP contribution >= 0.6 is 11.6 Å². The molecule has 0 saturated heterocycles. The van der Waals surface area contributed by atoms with Gasteiger partial charge in [0.05, 0.1) is 23.3 Å². The summed E-state index contributed by atoms with van der Waals surface area (Å²) in [6.07, 6.45) is 2.88. The Morgan fingerprint density at radius 3 is 2.53 bits per heavy atom. The van der Waals surface area contributed by atoms with E-state index in [4.69, 9.17) is 16.3 Å². The third-order valence-electron chi connectivity index (χ3n) is 4.99. The summed E-state index contributed by atoms with van der Waals surface area (Å²) in [6.45, 7) is 0. The molecular weight excluding hydrogens is 483 g/mol. The molecule has 34 heavy (non-hydrogen) atoms. The number of nitrogens with one attached hydrogen (secondary N) is 3. The molecular formula is C22H20ClFN6O3S. The lowest BCUT2D eigenvalue weighted by molar-refractivity contribution is 0.385. The second-order valence-electron chi connectivity index (χ2n) is 7.08. The van der Waals surface area contributed by atoms with Gasteiger partial charge in [0.1, 0.15) is 11.6 Å². The zero-order valence-electron chi connectivity index (χ0n) is 18.3. The maximum absolute atomic E-state index is 15.6. The highest BCUT2D eigenvalue weighted by Crippen LogP contribution is 2.35. The molecule has 0 aliphatic carbocycles. The van der Waals surface area contributed by atoms with Crippen molar-refractivity contribution in [3.05, 3.63) is 59.6 Å². The molecule has 0 unspecified atom stereocenters. The minimum atomic E-state index is -4.27. The van der Waals surface area contributed by atoms with Gasteiger partial charge in [-0.1, -0.05) is 23.7 Å². The number of ether oxygens (including phenoxy) is 1. The monoisotopic (exact) mass is 502 g/mol. The second kappa shape index (κ2) is 9.27. The van der Waals surface area contributed by atoms with Gasteiger partial charge in [-0.05, 0) is 18.2 Å². The summed E-state index contributed by atoms with van der Waals surface area (Å²) in [5.41, 5.74) is 0.984. The fourth-order valence-electron chi connectivity index (χ4n) is 3.37. The van der Waals surface area contributed by atoms with Gasteiger partial charge >= 0.3 is 0 Å². The van der Waals surface area contributed by atoms with Crippen molar-refractivity contribution in [1.82, 2.24) is 15.0 Å². The number of halogens is 2. The van der Waals surface area contributed by atoms with Gasteiger partial charge in [-0.25, -0.2) is 27.8 Å². The topological polar surface area (TPSA) is 118 Å². The lowest BCUT2D eigenvalue weighted by atomic mass is 10.0. The molecule has 0 bridgehead atoms. The van der Waals surface area contributed by atoms with E-state index in [1.165, 1.54) is 37.6 Å². The molecule has 3 aromatic heterocycles. The van der Waals surface area contributed by atoms with Gasteiger partial charge < -0.3 is 15.4 Å². The van der Waals surface area contributed by atoms with Gasteiger partial charge in [-0.15, -0.1) is 0 Å². The van der Waals surface area contributed by atoms with Crippen LogP contribution in [0, 0.1) is 5.82 Å². The number of hydrogen-bond acceptors (Lipinski definition) is 8. The van der Waals surface area contributed by atoms with Crippen molar-refractivity contribution < 1.29 is 17.5 Å². The van der Waals surface area contributed by atoms with Crippen LogP contribution in [0.25, 0.3) is 22.0 Å². The van der Waals surface area contributed by atoms with Crippen molar-refractivity contribution in [2.45, 2.75) is 4.90 Å². The van der Waals surface area contributed by atoms with Crippen molar-refractivity contribution in [2.24, 2.45) is 0 Å². The Kier molecular flexibility index (Phi) is 6.40. The number of nitrogens with zero attached hydrogens (tertiary/aromatic N) is 3. The number of rotatable bonds is 7. The van der Waals surface area contributed by atoms with E-state index in [2.05, 4.69) is 30.3 Å². The van der Waals surface area contributed by atoms with E-state index < -0.39 is 15.8 Å². The van der Waals surface area contributed by atoms with Crippen LogP contribution in [-0.2, 0) is 10.0 Å². The Morgan fingerprint density at radius 2 is 1.82 bits per heavy atom.